The van der Waals surface area contributed by atoms with Crippen LogP contribution in [0, 0.1) is 11.3 Å². The molecule has 0 bridgehead atoms. The van der Waals surface area contributed by atoms with E-state index in [4.69, 9.17) is 19.2 Å². The van der Waals surface area contributed by atoms with Crippen molar-refractivity contribution < 1.29 is 41.1 Å². The molecule has 0 atom stereocenters. The van der Waals surface area contributed by atoms with E-state index in [1.54, 1.807) is 81.9 Å². The molecule has 16 aromatic carbocycles. The Morgan fingerprint density at radius 1 is 0.206 bits per heavy atom. The lowest BCUT2D eigenvalue weighted by Crippen LogP contribution is -2.16. The van der Waals surface area contributed by atoms with Crippen molar-refractivity contribution >= 4 is 87.2 Å². The van der Waals surface area contributed by atoms with Gasteiger partial charge in [-0.3, -0.25) is 0 Å². The summed E-state index contributed by atoms with van der Waals surface area (Å²) in [6.07, 6.45) is 0. The van der Waals surface area contributed by atoms with Crippen molar-refractivity contribution in [2.45, 2.75) is 0 Å². The number of aromatic nitrogens is 4. The highest BCUT2D eigenvalue weighted by Crippen LogP contribution is 2.54. The summed E-state index contributed by atoms with van der Waals surface area (Å²) in [6, 6.07) is 34.1. The summed E-state index contributed by atoms with van der Waals surface area (Å²) in [6.45, 7) is 0. The molecule has 0 saturated heterocycles. The Morgan fingerprint density at radius 2 is 0.431 bits per heavy atom. The van der Waals surface area contributed by atoms with Gasteiger partial charge in [0.25, 0.3) is 0 Å². The van der Waals surface area contributed by atoms with Crippen LogP contribution in [0.4, 0.5) is 0 Å². The van der Waals surface area contributed by atoms with E-state index >= 15 is 0 Å². The minimum Gasteiger partial charge on any atom is -0.306 e. The lowest BCUT2D eigenvalue weighted by atomic mass is 9.89. The zero-order valence-corrected chi connectivity index (χ0v) is 53.1. The summed E-state index contributed by atoms with van der Waals surface area (Å²) >= 11 is 0. The van der Waals surface area contributed by atoms with Crippen LogP contribution in [0.3, 0.4) is 0 Å². The quantitative estimate of drug-likeness (QED) is 0.127. The first-order valence-corrected chi connectivity index (χ1v) is 32.4. The largest absolute Gasteiger partial charge is 0.306 e. The van der Waals surface area contributed by atoms with E-state index in [1.807, 2.05) is 81.9 Å². The Bertz CT molecular complexity index is 7730. The van der Waals surface area contributed by atoms with Crippen LogP contribution in [0.2, 0.25) is 0 Å². The smallest absolute Gasteiger partial charge is 0.104 e. The summed E-state index contributed by atoms with van der Waals surface area (Å²) in [5, 5.41) is 17.0. The lowest BCUT2D eigenvalue weighted by molar-refractivity contribution is 1.04. The molecule has 0 aliphatic heterocycles. The molecule has 474 valence electrons. The molecule has 0 aliphatic rings. The number of hydrogen-bond donors (Lipinski definition) is 0. The molecule has 0 spiro atoms. The normalized spacial score (nSPS) is 15.8. The van der Waals surface area contributed by atoms with Gasteiger partial charge in [0.1, 0.15) is 11.6 Å². The van der Waals surface area contributed by atoms with Crippen molar-refractivity contribution in [3.63, 3.8) is 0 Å². The van der Waals surface area contributed by atoms with Crippen LogP contribution in [0.15, 0.2) is 369 Å². The SMILES string of the molecule is [2H]c1c([2H])c([2H])c(-c2cc(-c3c([2H])c([2H])c([2H])c([2H])c3[2H])cc(-c3c(-n4c5ccc(-c6c([2H])c([2H])c([2H])c([2H])c6[2H])cc5c5cc(-c6c([2H])c([2H])c([2H])c([2H])c6[2H])ccc54)c(-n4c5ccccc5c5ccccc54)c(C#N)c(-n4c5ccccc5c5ccccc54)c3-n3c4ccc(-c5c([2H])c([2H])c([2H])c([2H])c5[2H])cc4c4cc(-c5c([2H])c([2H])c([2H])c([2H])c5[2H])ccc43)c2)c([2H])c1[2H]. The number of para-hydroxylation sites is 4. The molecule has 0 aliphatic carbocycles. The summed E-state index contributed by atoms with van der Waals surface area (Å²) in [4.78, 5) is 0. The highest BCUT2D eigenvalue weighted by atomic mass is 15.1. The molecule has 20 rings (SSSR count). The Morgan fingerprint density at radius 3 is 0.696 bits per heavy atom. The Labute approximate surface area is 631 Å². The summed E-state index contributed by atoms with van der Waals surface area (Å²) < 4.78 is 286. The number of rotatable bonds is 11. The van der Waals surface area contributed by atoms with E-state index in [-0.39, 0.29) is 139 Å². The van der Waals surface area contributed by atoms with Gasteiger partial charge in [-0.2, -0.15) is 5.26 Å². The second kappa shape index (κ2) is 23.7. The van der Waals surface area contributed by atoms with Crippen molar-refractivity contribution in [3.05, 3.63) is 375 Å². The van der Waals surface area contributed by atoms with Gasteiger partial charge in [-0.05, 0) is 163 Å². The predicted octanol–water partition coefficient (Wildman–Crippen LogP) is 25.6. The van der Waals surface area contributed by atoms with Crippen molar-refractivity contribution in [1.82, 2.24) is 18.3 Å². The topological polar surface area (TPSA) is 43.5 Å². The van der Waals surface area contributed by atoms with Gasteiger partial charge >= 0.3 is 0 Å². The molecule has 5 heteroatoms. The fourth-order valence-electron chi connectivity index (χ4n) is 14.9. The number of nitrogens with zero attached hydrogens (tertiary/aromatic N) is 5. The van der Waals surface area contributed by atoms with Gasteiger partial charge in [0, 0.05) is 48.7 Å². The maximum atomic E-state index is 13.8. The van der Waals surface area contributed by atoms with Crippen LogP contribution < -0.4 is 0 Å². The molecule has 5 nitrogen and oxygen atoms in total. The molecule has 0 amide bonds. The van der Waals surface area contributed by atoms with Crippen molar-refractivity contribution in [1.29, 1.82) is 5.26 Å². The van der Waals surface area contributed by atoms with Gasteiger partial charge in [0.15, 0.2) is 0 Å². The number of benzene rings is 16. The monoisotopic (exact) mass is 1330 g/mol. The minimum absolute atomic E-state index is 0.000936. The molecule has 102 heavy (non-hydrogen) atoms. The molecule has 4 heterocycles. The summed E-state index contributed by atoms with van der Waals surface area (Å²) in [5.41, 5.74) is -0.404. The van der Waals surface area contributed by atoms with E-state index in [2.05, 4.69) is 6.07 Å². The van der Waals surface area contributed by atoms with E-state index in [1.165, 1.54) is 42.5 Å². The van der Waals surface area contributed by atoms with Gasteiger partial charge in [-0.15, -0.1) is 0 Å². The van der Waals surface area contributed by atoms with Gasteiger partial charge < -0.3 is 18.3 Å². The predicted molar refractivity (Wildman–Crippen MR) is 427 cm³/mol. The highest BCUT2D eigenvalue weighted by Gasteiger charge is 2.36. The first-order valence-electron chi connectivity index (χ1n) is 47.4. The number of nitriles is 1. The third-order valence-electron chi connectivity index (χ3n) is 19.0. The second-order valence-electron chi connectivity index (χ2n) is 24.4. The molecule has 0 unspecified atom stereocenters. The van der Waals surface area contributed by atoms with Crippen molar-refractivity contribution in [2.24, 2.45) is 0 Å². The maximum Gasteiger partial charge on any atom is 0.104 e. The summed E-state index contributed by atoms with van der Waals surface area (Å²) in [5.74, 6) is 0. The molecule has 0 radical (unpaired) electrons. The first-order chi connectivity index (χ1) is 63.0. The maximum absolute atomic E-state index is 13.8. The lowest BCUT2D eigenvalue weighted by Gasteiger charge is -2.30. The van der Waals surface area contributed by atoms with Gasteiger partial charge in [-0.25, -0.2) is 0 Å². The van der Waals surface area contributed by atoms with Crippen LogP contribution in [0.1, 0.15) is 46.7 Å². The van der Waals surface area contributed by atoms with Crippen LogP contribution in [0.5, 0.6) is 0 Å². The van der Waals surface area contributed by atoms with E-state index < -0.39 is 192 Å². The highest BCUT2D eigenvalue weighted by molar-refractivity contribution is 6.19. The number of hydrogen-bond acceptors (Lipinski definition) is 1. The standard InChI is InChI=1S/C97H61N5/c98-62-84-94(99-85-43-23-19-39-76(85)77-40-20-24-44-86(77)99)96(101-89-51-47-69(63-27-7-1-8-28-63)58-80(89)81-59-70(48-52-90(81)101)64-29-9-2-10-30-64)93(75-56-73(67-35-15-5-16-36-67)55-74(57-75)68-37-17-6-18-38-68)97(95(84)100-87-45-25-21-41-78(87)79-42-22-26-46-88(79)100)102-91-53-49-71(65-31-11-3-12-32-65)60-82(91)83-61-72(50-54-92(83)102)66-33-13-4-14-34-66/h1-61H/i1D,2D,3D,4D,5D,6D,7D,8D,9D,10D,11D,12D,13D,14D,15D,16D,17D,18D,27D,28D,29D,30D,31D,32D,33D,34D,35D,36D,37D,38D. The second-order valence-corrected chi connectivity index (χ2v) is 24.4. The minimum atomic E-state index is -0.810. The van der Waals surface area contributed by atoms with E-state index in [0.29, 0.717) is 43.6 Å². The molecule has 0 saturated carbocycles. The zero-order valence-electron chi connectivity index (χ0n) is 83.1. The van der Waals surface area contributed by atoms with Crippen molar-refractivity contribution in [2.75, 3.05) is 0 Å². The van der Waals surface area contributed by atoms with Gasteiger partial charge in [0.2, 0.25) is 0 Å². The first kappa shape index (κ1) is 35.6. The molecule has 0 fully saturated rings. The number of fused-ring (bicyclic) bond motifs is 12. The summed E-state index contributed by atoms with van der Waals surface area (Å²) in [7, 11) is 0. The van der Waals surface area contributed by atoms with Crippen LogP contribution in [0.25, 0.3) is 188 Å². The van der Waals surface area contributed by atoms with Crippen LogP contribution in [-0.2, 0) is 0 Å². The Balaban J connectivity index is 1.13. The van der Waals surface area contributed by atoms with Crippen molar-refractivity contribution in [3.8, 4) is 107 Å². The molecule has 20 aromatic rings. The van der Waals surface area contributed by atoms with Gasteiger partial charge in [0.05, 0.1) is 108 Å². The average molecular weight is 1330 g/mol. The Hall–Kier alpha value is -13.8. The van der Waals surface area contributed by atoms with Crippen LogP contribution >= 0.6 is 0 Å². The third kappa shape index (κ3) is 9.24. The molecular formula is C97H61N5. The third-order valence-corrected chi connectivity index (χ3v) is 19.0. The average Bonchev–Trinajstić information content (AvgIpc) is 1.50. The molecule has 4 aromatic heterocycles. The molecule has 0 N–H and O–H groups in total. The molecular weight excluding hydrogens is 1240 g/mol. The Kier molecular flexibility index (Phi) is 8.30. The zero-order chi connectivity index (χ0) is 93.5. The van der Waals surface area contributed by atoms with Gasteiger partial charge in [-0.1, -0.05) is 278 Å². The van der Waals surface area contributed by atoms with E-state index in [9.17, 15) is 27.2 Å². The fraction of sp³-hybridized carbons (Fsp3) is 0. The van der Waals surface area contributed by atoms with E-state index in [0.717, 1.165) is 0 Å². The van der Waals surface area contributed by atoms with Crippen LogP contribution in [-0.4, -0.2) is 18.3 Å². The fourth-order valence-corrected chi connectivity index (χ4v) is 14.9.